The van der Waals surface area contributed by atoms with E-state index in [0.717, 1.165) is 24.3 Å². The molecule has 1 aromatic rings. The minimum atomic E-state index is -0.439. The van der Waals surface area contributed by atoms with E-state index in [0.29, 0.717) is 19.6 Å². The Bertz CT molecular complexity index is 486. The van der Waals surface area contributed by atoms with E-state index >= 15 is 0 Å². The van der Waals surface area contributed by atoms with E-state index in [9.17, 15) is 9.59 Å². The van der Waals surface area contributed by atoms with Gasteiger partial charge in [0.25, 0.3) is 0 Å². The second kappa shape index (κ2) is 6.36. The van der Waals surface area contributed by atoms with Gasteiger partial charge in [-0.3, -0.25) is 9.59 Å². The average molecular weight is 276 g/mol. The first-order valence-electron chi connectivity index (χ1n) is 6.85. The van der Waals surface area contributed by atoms with Crippen LogP contribution in [-0.2, 0) is 16.1 Å². The molecule has 0 unspecified atom stereocenters. The van der Waals surface area contributed by atoms with Gasteiger partial charge in [0.1, 0.15) is 5.82 Å². The number of piperazine rings is 1. The number of hydrogen-bond donors (Lipinski definition) is 1. The molecule has 1 saturated heterocycles. The molecule has 1 N–H and O–H groups in total. The number of anilines is 1. The maximum Gasteiger partial charge on any atom is 0.312 e. The van der Waals surface area contributed by atoms with Crippen molar-refractivity contribution in [2.45, 2.75) is 19.9 Å². The van der Waals surface area contributed by atoms with Gasteiger partial charge in [0.05, 0.1) is 0 Å². The SMILES string of the molecule is CCCNc1ccc(CN2CCN(C)C(=O)C2=O)cn1. The molecule has 0 saturated carbocycles. The van der Waals surface area contributed by atoms with Crippen LogP contribution in [0.2, 0.25) is 0 Å². The van der Waals surface area contributed by atoms with Crippen molar-refractivity contribution in [2.24, 2.45) is 0 Å². The molecule has 6 nitrogen and oxygen atoms in total. The van der Waals surface area contributed by atoms with E-state index < -0.39 is 11.8 Å². The summed E-state index contributed by atoms with van der Waals surface area (Å²) >= 11 is 0. The number of carbonyl (C=O) groups is 2. The standard InChI is InChI=1S/C14H20N4O2/c1-3-6-15-12-5-4-11(9-16-12)10-18-8-7-17(2)13(19)14(18)20/h4-5,9H,3,6-8,10H2,1-2H3,(H,15,16). The molecule has 0 spiro atoms. The smallest absolute Gasteiger partial charge is 0.312 e. The van der Waals surface area contributed by atoms with Gasteiger partial charge in [-0.2, -0.15) is 0 Å². The Morgan fingerprint density at radius 3 is 2.70 bits per heavy atom. The third-order valence-electron chi connectivity index (χ3n) is 3.28. The van der Waals surface area contributed by atoms with Gasteiger partial charge in [0.2, 0.25) is 0 Å². The molecule has 1 aromatic heterocycles. The lowest BCUT2D eigenvalue weighted by molar-refractivity contribution is -0.155. The largest absolute Gasteiger partial charge is 0.370 e. The third-order valence-corrected chi connectivity index (χ3v) is 3.28. The van der Waals surface area contributed by atoms with Crippen LogP contribution in [0.25, 0.3) is 0 Å². The first-order valence-corrected chi connectivity index (χ1v) is 6.85. The summed E-state index contributed by atoms with van der Waals surface area (Å²) in [6.07, 6.45) is 2.79. The van der Waals surface area contributed by atoms with Gasteiger partial charge < -0.3 is 15.1 Å². The van der Waals surface area contributed by atoms with Crippen molar-refractivity contribution in [2.75, 3.05) is 32.0 Å². The molecule has 6 heteroatoms. The van der Waals surface area contributed by atoms with Crippen LogP contribution < -0.4 is 5.32 Å². The Balaban J connectivity index is 1.96. The Morgan fingerprint density at radius 1 is 1.25 bits per heavy atom. The van der Waals surface area contributed by atoms with E-state index in [1.807, 2.05) is 12.1 Å². The molecule has 0 aliphatic carbocycles. The van der Waals surface area contributed by atoms with Crippen LogP contribution in [0, 0.1) is 0 Å². The Morgan fingerprint density at radius 2 is 2.05 bits per heavy atom. The lowest BCUT2D eigenvalue weighted by Gasteiger charge is -2.31. The summed E-state index contributed by atoms with van der Waals surface area (Å²) in [6.45, 7) is 4.56. The Kier molecular flexibility index (Phi) is 4.55. The summed E-state index contributed by atoms with van der Waals surface area (Å²) < 4.78 is 0. The topological polar surface area (TPSA) is 65.5 Å². The molecule has 2 rings (SSSR count). The predicted molar refractivity (Wildman–Crippen MR) is 76.1 cm³/mol. The highest BCUT2D eigenvalue weighted by Gasteiger charge is 2.30. The highest BCUT2D eigenvalue weighted by Crippen LogP contribution is 2.11. The van der Waals surface area contributed by atoms with Crippen molar-refractivity contribution >= 4 is 17.6 Å². The molecule has 20 heavy (non-hydrogen) atoms. The summed E-state index contributed by atoms with van der Waals surface area (Å²) in [4.78, 5) is 30.8. The molecule has 2 amide bonds. The first-order chi connectivity index (χ1) is 9.61. The van der Waals surface area contributed by atoms with Crippen LogP contribution in [0.4, 0.5) is 5.82 Å². The Labute approximate surface area is 118 Å². The van der Waals surface area contributed by atoms with E-state index in [-0.39, 0.29) is 0 Å². The van der Waals surface area contributed by atoms with Crippen molar-refractivity contribution < 1.29 is 9.59 Å². The van der Waals surface area contributed by atoms with Gasteiger partial charge in [-0.15, -0.1) is 0 Å². The number of carbonyl (C=O) groups excluding carboxylic acids is 2. The van der Waals surface area contributed by atoms with Gasteiger partial charge in [-0.05, 0) is 18.1 Å². The zero-order valence-corrected chi connectivity index (χ0v) is 11.9. The lowest BCUT2D eigenvalue weighted by Crippen LogP contribution is -2.52. The number of likely N-dealkylation sites (N-methyl/N-ethyl adjacent to an activating group) is 1. The van der Waals surface area contributed by atoms with Crippen molar-refractivity contribution in [1.82, 2.24) is 14.8 Å². The third kappa shape index (κ3) is 3.26. The molecule has 0 atom stereocenters. The Hall–Kier alpha value is -2.11. The van der Waals surface area contributed by atoms with Gasteiger partial charge in [0.15, 0.2) is 0 Å². The summed E-state index contributed by atoms with van der Waals surface area (Å²) in [7, 11) is 1.65. The fourth-order valence-corrected chi connectivity index (χ4v) is 2.02. The fourth-order valence-electron chi connectivity index (χ4n) is 2.02. The second-order valence-electron chi connectivity index (χ2n) is 4.93. The monoisotopic (exact) mass is 276 g/mol. The normalized spacial score (nSPS) is 15.7. The zero-order chi connectivity index (χ0) is 14.5. The highest BCUT2D eigenvalue weighted by molar-refractivity contribution is 6.35. The minimum Gasteiger partial charge on any atom is -0.370 e. The molecule has 0 aromatic carbocycles. The second-order valence-corrected chi connectivity index (χ2v) is 4.93. The van der Waals surface area contributed by atoms with Crippen molar-refractivity contribution in [3.63, 3.8) is 0 Å². The summed E-state index contributed by atoms with van der Waals surface area (Å²) in [6, 6.07) is 3.83. The molecule has 1 aliphatic rings. The number of nitrogens with zero attached hydrogens (tertiary/aromatic N) is 3. The van der Waals surface area contributed by atoms with Crippen LogP contribution in [0.1, 0.15) is 18.9 Å². The fraction of sp³-hybridized carbons (Fsp3) is 0.500. The van der Waals surface area contributed by atoms with Crippen molar-refractivity contribution in [3.8, 4) is 0 Å². The molecular weight excluding hydrogens is 256 g/mol. The number of amides is 2. The summed E-state index contributed by atoms with van der Waals surface area (Å²) in [5, 5.41) is 3.19. The van der Waals surface area contributed by atoms with Gasteiger partial charge >= 0.3 is 11.8 Å². The molecule has 108 valence electrons. The number of aromatic nitrogens is 1. The molecule has 2 heterocycles. The molecule has 0 radical (unpaired) electrons. The van der Waals surface area contributed by atoms with Crippen molar-refractivity contribution in [1.29, 1.82) is 0 Å². The quantitative estimate of drug-likeness (QED) is 0.804. The number of pyridine rings is 1. The van der Waals surface area contributed by atoms with Crippen LogP contribution in [0.3, 0.4) is 0 Å². The first kappa shape index (κ1) is 14.3. The minimum absolute atomic E-state index is 0.430. The van der Waals surface area contributed by atoms with Gasteiger partial charge in [-0.1, -0.05) is 13.0 Å². The van der Waals surface area contributed by atoms with E-state index in [1.165, 1.54) is 4.90 Å². The molecule has 1 aliphatic heterocycles. The maximum absolute atomic E-state index is 11.9. The van der Waals surface area contributed by atoms with Crippen molar-refractivity contribution in [3.05, 3.63) is 23.9 Å². The number of nitrogens with one attached hydrogen (secondary N) is 1. The van der Waals surface area contributed by atoms with Crippen LogP contribution in [0.5, 0.6) is 0 Å². The molecule has 0 bridgehead atoms. The van der Waals surface area contributed by atoms with Gasteiger partial charge in [-0.25, -0.2) is 4.98 Å². The zero-order valence-electron chi connectivity index (χ0n) is 11.9. The molecular formula is C14H20N4O2. The maximum atomic E-state index is 11.9. The summed E-state index contributed by atoms with van der Waals surface area (Å²) in [5.74, 6) is -0.0474. The average Bonchev–Trinajstić information content (AvgIpc) is 2.47. The van der Waals surface area contributed by atoms with E-state index in [2.05, 4.69) is 17.2 Å². The van der Waals surface area contributed by atoms with Crippen LogP contribution in [-0.4, -0.2) is 53.3 Å². The highest BCUT2D eigenvalue weighted by atomic mass is 16.2. The van der Waals surface area contributed by atoms with E-state index in [4.69, 9.17) is 0 Å². The molecule has 1 fully saturated rings. The number of hydrogen-bond acceptors (Lipinski definition) is 4. The van der Waals surface area contributed by atoms with Crippen LogP contribution in [0.15, 0.2) is 18.3 Å². The van der Waals surface area contributed by atoms with E-state index in [1.54, 1.807) is 18.1 Å². The predicted octanol–water partition coefficient (Wildman–Crippen LogP) is 0.704. The lowest BCUT2D eigenvalue weighted by atomic mass is 10.2. The number of rotatable bonds is 5. The summed E-state index contributed by atoms with van der Waals surface area (Å²) in [5.41, 5.74) is 0.928. The van der Waals surface area contributed by atoms with Crippen LogP contribution >= 0.6 is 0 Å². The van der Waals surface area contributed by atoms with Gasteiger partial charge in [0, 0.05) is 39.4 Å².